The van der Waals surface area contributed by atoms with E-state index in [1.54, 1.807) is 0 Å². The van der Waals surface area contributed by atoms with Gasteiger partial charge in [0.05, 0.1) is 5.71 Å². The summed E-state index contributed by atoms with van der Waals surface area (Å²) in [7, 11) is 0. The number of hydrogen-bond acceptors (Lipinski definition) is 4. The van der Waals surface area contributed by atoms with Crippen molar-refractivity contribution in [2.75, 3.05) is 0 Å². The van der Waals surface area contributed by atoms with E-state index in [2.05, 4.69) is 31.2 Å². The first-order chi connectivity index (χ1) is 12.8. The van der Waals surface area contributed by atoms with E-state index in [1.807, 2.05) is 6.92 Å². The molecule has 4 nitrogen and oxygen atoms in total. The second-order valence-electron chi connectivity index (χ2n) is 9.73. The van der Waals surface area contributed by atoms with Gasteiger partial charge in [-0.2, -0.15) is 0 Å². The number of carbonyl (C=O) groups excluding carboxylic acids is 1. The Hall–Kier alpha value is -1.58. The van der Waals surface area contributed by atoms with E-state index in [-0.39, 0.29) is 22.9 Å². The summed E-state index contributed by atoms with van der Waals surface area (Å²) in [5.74, 6) is 1.90. The zero-order valence-electron chi connectivity index (χ0n) is 17.1. The molecule has 0 radical (unpaired) electrons. The van der Waals surface area contributed by atoms with Crippen molar-refractivity contribution in [2.24, 2.45) is 33.7 Å². The molecule has 0 aromatic carbocycles. The molecule has 0 saturated heterocycles. The summed E-state index contributed by atoms with van der Waals surface area (Å²) in [5.41, 5.74) is 3.99. The molecule has 0 aliphatic heterocycles. The van der Waals surface area contributed by atoms with E-state index >= 15 is 0 Å². The highest BCUT2D eigenvalue weighted by Gasteiger charge is 2.57. The lowest BCUT2D eigenvalue weighted by Gasteiger charge is -2.57. The van der Waals surface area contributed by atoms with Gasteiger partial charge in [-0.1, -0.05) is 36.7 Å². The molecule has 4 aliphatic carbocycles. The molecule has 0 heterocycles. The molecule has 0 aromatic heterocycles. The Bertz CT molecular complexity index is 736. The van der Waals surface area contributed by atoms with Gasteiger partial charge in [0.15, 0.2) is 0 Å². The molecule has 6 atom stereocenters. The normalized spacial score (nSPS) is 43.8. The van der Waals surface area contributed by atoms with Crippen LogP contribution in [0.4, 0.5) is 0 Å². The van der Waals surface area contributed by atoms with Crippen LogP contribution in [0, 0.1) is 28.6 Å². The second kappa shape index (κ2) is 6.49. The summed E-state index contributed by atoms with van der Waals surface area (Å²) in [6.07, 6.45) is 12.6. The lowest BCUT2D eigenvalue weighted by molar-refractivity contribution is -0.148. The van der Waals surface area contributed by atoms with Crippen molar-refractivity contribution in [3.05, 3.63) is 23.3 Å². The SMILES string of the molecule is CC(=O)OC1CCC2(C)C(=CCC3C2CCC2(C)C(/C(C)=N/O)=CCC32)C1. The van der Waals surface area contributed by atoms with E-state index in [4.69, 9.17) is 4.74 Å². The molecular weight excluding hydrogens is 338 g/mol. The molecule has 0 bridgehead atoms. The van der Waals surface area contributed by atoms with Crippen molar-refractivity contribution >= 4 is 11.7 Å². The van der Waals surface area contributed by atoms with Crippen LogP contribution in [0.3, 0.4) is 0 Å². The smallest absolute Gasteiger partial charge is 0.302 e. The Morgan fingerprint density at radius 3 is 2.56 bits per heavy atom. The molecule has 0 amide bonds. The van der Waals surface area contributed by atoms with Crippen molar-refractivity contribution in [3.8, 4) is 0 Å². The molecule has 0 spiro atoms. The van der Waals surface area contributed by atoms with Crippen LogP contribution in [0.5, 0.6) is 0 Å². The van der Waals surface area contributed by atoms with E-state index in [0.717, 1.165) is 37.8 Å². The molecule has 2 saturated carbocycles. The van der Waals surface area contributed by atoms with Crippen LogP contribution in [0.15, 0.2) is 28.5 Å². The highest BCUT2D eigenvalue weighted by atomic mass is 16.5. The standard InChI is InChI=1S/C23H33NO3/c1-14(24-26)19-7-8-20-18-6-5-16-13-17(27-15(2)25)9-11-22(16,3)21(18)10-12-23(19,20)4/h5,7,17-18,20-21,26H,6,8-13H2,1-4H3/b24-14+. The lowest BCUT2D eigenvalue weighted by Crippen LogP contribution is -2.50. The van der Waals surface area contributed by atoms with Crippen LogP contribution in [0.2, 0.25) is 0 Å². The number of ether oxygens (including phenoxy) is 1. The molecule has 6 unspecified atom stereocenters. The van der Waals surface area contributed by atoms with Crippen LogP contribution in [0.25, 0.3) is 0 Å². The maximum Gasteiger partial charge on any atom is 0.302 e. The number of allylic oxidation sites excluding steroid dienone is 3. The quantitative estimate of drug-likeness (QED) is 0.237. The van der Waals surface area contributed by atoms with E-state index in [0.29, 0.717) is 17.8 Å². The largest absolute Gasteiger partial charge is 0.462 e. The second-order valence-corrected chi connectivity index (χ2v) is 9.73. The zero-order valence-corrected chi connectivity index (χ0v) is 17.1. The Labute approximate surface area is 162 Å². The summed E-state index contributed by atoms with van der Waals surface area (Å²) < 4.78 is 5.53. The minimum Gasteiger partial charge on any atom is -0.462 e. The molecule has 2 fully saturated rings. The van der Waals surface area contributed by atoms with Gasteiger partial charge in [-0.15, -0.1) is 0 Å². The van der Waals surface area contributed by atoms with Crippen molar-refractivity contribution < 1.29 is 14.7 Å². The van der Waals surface area contributed by atoms with Gasteiger partial charge in [-0.05, 0) is 79.6 Å². The summed E-state index contributed by atoms with van der Waals surface area (Å²) in [6.45, 7) is 8.30. The summed E-state index contributed by atoms with van der Waals surface area (Å²) in [4.78, 5) is 11.4. The zero-order chi connectivity index (χ0) is 19.4. The molecule has 4 rings (SSSR count). The fourth-order valence-corrected chi connectivity index (χ4v) is 7.14. The third-order valence-electron chi connectivity index (χ3n) is 8.51. The highest BCUT2D eigenvalue weighted by Crippen LogP contribution is 2.65. The molecular formula is C23H33NO3. The van der Waals surface area contributed by atoms with Crippen LogP contribution >= 0.6 is 0 Å². The Kier molecular flexibility index (Phi) is 4.51. The Morgan fingerprint density at radius 1 is 1.11 bits per heavy atom. The molecule has 1 N–H and O–H groups in total. The van der Waals surface area contributed by atoms with Gasteiger partial charge in [-0.25, -0.2) is 0 Å². The van der Waals surface area contributed by atoms with Crippen LogP contribution in [0.1, 0.15) is 72.6 Å². The average Bonchev–Trinajstić information content (AvgIpc) is 2.98. The van der Waals surface area contributed by atoms with Crippen LogP contribution in [-0.4, -0.2) is 23.0 Å². The van der Waals surface area contributed by atoms with E-state index in [9.17, 15) is 10.0 Å². The Balaban J connectivity index is 1.59. The highest BCUT2D eigenvalue weighted by molar-refractivity contribution is 5.99. The van der Waals surface area contributed by atoms with Crippen LogP contribution in [-0.2, 0) is 9.53 Å². The van der Waals surface area contributed by atoms with Crippen molar-refractivity contribution in [1.82, 2.24) is 0 Å². The van der Waals surface area contributed by atoms with Gasteiger partial charge < -0.3 is 9.94 Å². The first kappa shape index (κ1) is 18.8. The monoisotopic (exact) mass is 371 g/mol. The third kappa shape index (κ3) is 2.78. The van der Waals surface area contributed by atoms with Crippen molar-refractivity contribution in [1.29, 1.82) is 0 Å². The number of fused-ring (bicyclic) bond motifs is 5. The molecule has 27 heavy (non-hydrogen) atoms. The lowest BCUT2D eigenvalue weighted by atomic mass is 9.47. The minimum absolute atomic E-state index is 0.0652. The van der Waals surface area contributed by atoms with E-state index < -0.39 is 0 Å². The third-order valence-corrected chi connectivity index (χ3v) is 8.51. The topological polar surface area (TPSA) is 58.9 Å². The first-order valence-electron chi connectivity index (χ1n) is 10.6. The Morgan fingerprint density at radius 2 is 1.85 bits per heavy atom. The minimum atomic E-state index is -0.156. The first-order valence-corrected chi connectivity index (χ1v) is 10.6. The predicted molar refractivity (Wildman–Crippen MR) is 106 cm³/mol. The summed E-state index contributed by atoms with van der Waals surface area (Å²) >= 11 is 0. The molecule has 148 valence electrons. The van der Waals surface area contributed by atoms with Gasteiger partial charge in [0, 0.05) is 13.3 Å². The van der Waals surface area contributed by atoms with Gasteiger partial charge in [-0.3, -0.25) is 4.79 Å². The molecule has 4 heteroatoms. The number of esters is 1. The van der Waals surface area contributed by atoms with Gasteiger partial charge in [0.25, 0.3) is 0 Å². The summed E-state index contributed by atoms with van der Waals surface area (Å²) in [6, 6.07) is 0. The van der Waals surface area contributed by atoms with Crippen molar-refractivity contribution in [3.63, 3.8) is 0 Å². The van der Waals surface area contributed by atoms with Gasteiger partial charge in [0.2, 0.25) is 0 Å². The maximum absolute atomic E-state index is 11.4. The fraction of sp³-hybridized carbons (Fsp3) is 0.739. The van der Waals surface area contributed by atoms with Crippen LogP contribution < -0.4 is 0 Å². The number of rotatable bonds is 2. The number of hydrogen-bond donors (Lipinski definition) is 1. The fourth-order valence-electron chi connectivity index (χ4n) is 7.14. The molecule has 4 aliphatic rings. The maximum atomic E-state index is 11.4. The summed E-state index contributed by atoms with van der Waals surface area (Å²) in [5, 5.41) is 12.8. The van der Waals surface area contributed by atoms with Gasteiger partial charge >= 0.3 is 5.97 Å². The predicted octanol–water partition coefficient (Wildman–Crippen LogP) is 5.27. The van der Waals surface area contributed by atoms with Gasteiger partial charge in [0.1, 0.15) is 6.10 Å². The number of carbonyl (C=O) groups is 1. The van der Waals surface area contributed by atoms with E-state index in [1.165, 1.54) is 30.9 Å². The number of oxime groups is 1. The molecule has 0 aromatic rings. The van der Waals surface area contributed by atoms with Crippen molar-refractivity contribution in [2.45, 2.75) is 78.7 Å². The number of nitrogens with zero attached hydrogens (tertiary/aromatic N) is 1. The average molecular weight is 372 g/mol.